The van der Waals surface area contributed by atoms with Crippen molar-refractivity contribution in [1.82, 2.24) is 0 Å². The van der Waals surface area contributed by atoms with Crippen LogP contribution in [0.5, 0.6) is 0 Å². The summed E-state index contributed by atoms with van der Waals surface area (Å²) in [4.78, 5) is 26.8. The molecule has 3 aromatic rings. The predicted molar refractivity (Wildman–Crippen MR) is 123 cm³/mol. The van der Waals surface area contributed by atoms with Gasteiger partial charge in [-0.15, -0.1) is 11.3 Å². The quantitative estimate of drug-likeness (QED) is 0.316. The molecule has 1 amide bonds. The first-order valence-corrected chi connectivity index (χ1v) is 11.0. The Kier molecular flexibility index (Phi) is 4.90. The van der Waals surface area contributed by atoms with Gasteiger partial charge in [0.15, 0.2) is 0 Å². The van der Waals surface area contributed by atoms with Gasteiger partial charge in [-0.3, -0.25) is 14.9 Å². The molecule has 0 bridgehead atoms. The van der Waals surface area contributed by atoms with E-state index in [4.69, 9.17) is 11.6 Å². The Morgan fingerprint density at radius 1 is 1.23 bits per heavy atom. The first-order chi connectivity index (χ1) is 14.0. The number of carbonyl (C=O) groups is 1. The van der Waals surface area contributed by atoms with E-state index >= 15 is 0 Å². The van der Waals surface area contributed by atoms with Crippen molar-refractivity contribution in [3.8, 4) is 0 Å². The summed E-state index contributed by atoms with van der Waals surface area (Å²) in [7, 11) is 0. The second-order valence-electron chi connectivity index (χ2n) is 8.74. The molecule has 1 atom stereocenters. The molecule has 0 N–H and O–H groups in total. The van der Waals surface area contributed by atoms with Gasteiger partial charge in [0, 0.05) is 33.4 Å². The van der Waals surface area contributed by atoms with Gasteiger partial charge in [0.05, 0.1) is 9.95 Å². The fourth-order valence-electron chi connectivity index (χ4n) is 4.48. The largest absolute Gasteiger partial charge is 0.302 e. The number of amides is 1. The third-order valence-electron chi connectivity index (χ3n) is 6.05. The molecule has 0 unspecified atom stereocenters. The van der Waals surface area contributed by atoms with Crippen molar-refractivity contribution in [2.75, 3.05) is 4.90 Å². The minimum Gasteiger partial charge on any atom is -0.302 e. The number of fused-ring (bicyclic) bond motifs is 2. The summed E-state index contributed by atoms with van der Waals surface area (Å²) >= 11 is 7.81. The van der Waals surface area contributed by atoms with Crippen molar-refractivity contribution >= 4 is 50.3 Å². The summed E-state index contributed by atoms with van der Waals surface area (Å²) in [6.07, 6.45) is 0.836. The van der Waals surface area contributed by atoms with Crippen molar-refractivity contribution < 1.29 is 9.72 Å². The first-order valence-electron chi connectivity index (χ1n) is 9.83. The number of halogens is 1. The summed E-state index contributed by atoms with van der Waals surface area (Å²) in [5.41, 5.74) is 4.03. The summed E-state index contributed by atoms with van der Waals surface area (Å²) < 4.78 is 0.640. The van der Waals surface area contributed by atoms with Crippen LogP contribution in [0.1, 0.15) is 59.5 Å². The van der Waals surface area contributed by atoms with Gasteiger partial charge in [0.1, 0.15) is 4.88 Å². The molecule has 1 aromatic heterocycles. The minimum absolute atomic E-state index is 0.0111. The third-order valence-corrected chi connectivity index (χ3v) is 7.69. The molecule has 0 saturated heterocycles. The highest BCUT2D eigenvalue weighted by molar-refractivity contribution is 7.21. The van der Waals surface area contributed by atoms with Crippen LogP contribution < -0.4 is 4.90 Å². The van der Waals surface area contributed by atoms with Gasteiger partial charge in [-0.2, -0.15) is 0 Å². The Bertz CT molecular complexity index is 1210. The molecule has 30 heavy (non-hydrogen) atoms. The summed E-state index contributed by atoms with van der Waals surface area (Å²) in [5.74, 6) is 0.170. The molecule has 0 radical (unpaired) electrons. The molecular weight excluding hydrogens is 420 g/mol. The molecule has 0 saturated carbocycles. The maximum absolute atomic E-state index is 13.8. The Hall–Kier alpha value is -2.44. The van der Waals surface area contributed by atoms with Gasteiger partial charge in [-0.25, -0.2) is 0 Å². The Labute approximate surface area is 184 Å². The lowest BCUT2D eigenvalue weighted by Gasteiger charge is -2.46. The van der Waals surface area contributed by atoms with Crippen LogP contribution in [0, 0.1) is 24.0 Å². The van der Waals surface area contributed by atoms with Gasteiger partial charge >= 0.3 is 0 Å². The summed E-state index contributed by atoms with van der Waals surface area (Å²) in [5, 5.41) is 12.2. The van der Waals surface area contributed by atoms with Crippen LogP contribution in [-0.4, -0.2) is 16.4 Å². The number of nitrogens with zero attached hydrogens (tertiary/aromatic N) is 2. The van der Waals surface area contributed by atoms with Gasteiger partial charge in [-0.05, 0) is 68.9 Å². The molecule has 0 spiro atoms. The highest BCUT2D eigenvalue weighted by atomic mass is 35.5. The van der Waals surface area contributed by atoms with E-state index in [1.54, 1.807) is 6.07 Å². The van der Waals surface area contributed by atoms with Crippen LogP contribution in [0.4, 0.5) is 11.4 Å². The van der Waals surface area contributed by atoms with Crippen LogP contribution >= 0.6 is 22.9 Å². The average molecular weight is 443 g/mol. The molecule has 5 nitrogen and oxygen atoms in total. The number of anilines is 1. The third kappa shape index (κ3) is 3.19. The van der Waals surface area contributed by atoms with Crippen molar-refractivity contribution in [3.05, 3.63) is 67.0 Å². The number of aryl methyl sites for hydroxylation is 2. The van der Waals surface area contributed by atoms with Gasteiger partial charge < -0.3 is 4.90 Å². The first kappa shape index (κ1) is 20.8. The number of non-ortho nitro benzene ring substituents is 1. The van der Waals surface area contributed by atoms with Crippen LogP contribution in [0.3, 0.4) is 0 Å². The maximum atomic E-state index is 13.8. The lowest BCUT2D eigenvalue weighted by Crippen LogP contribution is -2.51. The lowest BCUT2D eigenvalue weighted by molar-refractivity contribution is -0.384. The smallest absolute Gasteiger partial charge is 0.270 e. The fraction of sp³-hybridized carbons (Fsp3) is 0.348. The summed E-state index contributed by atoms with van der Waals surface area (Å²) in [6, 6.07) is 8.79. The van der Waals surface area contributed by atoms with E-state index in [0.29, 0.717) is 25.9 Å². The SMILES string of the molecule is Cc1cc2c(cc1C)N(C(=O)c1sc3cc([N+](=O)[O-])ccc3c1Cl)C(C)(C)C[C@H]2C. The number of thiophene rings is 1. The number of hydrogen-bond donors (Lipinski definition) is 0. The van der Waals surface area contributed by atoms with Crippen molar-refractivity contribution in [2.24, 2.45) is 0 Å². The number of benzene rings is 2. The van der Waals surface area contributed by atoms with E-state index < -0.39 is 10.5 Å². The van der Waals surface area contributed by atoms with Crippen LogP contribution in [-0.2, 0) is 0 Å². The minimum atomic E-state index is -0.439. The van der Waals surface area contributed by atoms with E-state index in [0.717, 1.165) is 17.7 Å². The zero-order chi connectivity index (χ0) is 22.0. The number of nitro benzene ring substituents is 1. The molecule has 2 aromatic carbocycles. The summed E-state index contributed by atoms with van der Waals surface area (Å²) in [6.45, 7) is 10.5. The Morgan fingerprint density at radius 3 is 2.57 bits per heavy atom. The van der Waals surface area contributed by atoms with Gasteiger partial charge in [0.25, 0.3) is 11.6 Å². The number of rotatable bonds is 2. The monoisotopic (exact) mass is 442 g/mol. The predicted octanol–water partition coefficient (Wildman–Crippen LogP) is 7.01. The van der Waals surface area contributed by atoms with E-state index in [1.807, 2.05) is 4.90 Å². The maximum Gasteiger partial charge on any atom is 0.270 e. The topological polar surface area (TPSA) is 63.5 Å². The van der Waals surface area contributed by atoms with Crippen molar-refractivity contribution in [2.45, 2.75) is 52.5 Å². The molecule has 2 heterocycles. The van der Waals surface area contributed by atoms with E-state index in [2.05, 4.69) is 46.8 Å². The zero-order valence-electron chi connectivity index (χ0n) is 17.6. The number of nitro groups is 1. The number of carbonyl (C=O) groups excluding carboxylic acids is 1. The van der Waals surface area contributed by atoms with E-state index in [9.17, 15) is 14.9 Å². The average Bonchev–Trinajstić information content (AvgIpc) is 2.99. The number of hydrogen-bond acceptors (Lipinski definition) is 4. The van der Waals surface area contributed by atoms with Crippen LogP contribution in [0.25, 0.3) is 10.1 Å². The molecule has 156 valence electrons. The van der Waals surface area contributed by atoms with Gasteiger partial charge in [0.2, 0.25) is 0 Å². The van der Waals surface area contributed by atoms with Crippen molar-refractivity contribution in [1.29, 1.82) is 0 Å². The molecule has 4 rings (SSSR count). The molecule has 1 aliphatic heterocycles. The molecule has 0 fully saturated rings. The highest BCUT2D eigenvalue weighted by Gasteiger charge is 2.41. The highest BCUT2D eigenvalue weighted by Crippen LogP contribution is 2.47. The van der Waals surface area contributed by atoms with Crippen LogP contribution in [0.15, 0.2) is 30.3 Å². The molecule has 1 aliphatic rings. The van der Waals surface area contributed by atoms with E-state index in [1.165, 1.54) is 34.6 Å². The van der Waals surface area contributed by atoms with Crippen molar-refractivity contribution in [3.63, 3.8) is 0 Å². The second-order valence-corrected chi connectivity index (χ2v) is 10.2. The molecule has 0 aliphatic carbocycles. The van der Waals surface area contributed by atoms with Gasteiger partial charge in [-0.1, -0.05) is 24.6 Å². The Balaban J connectivity index is 1.88. The zero-order valence-corrected chi connectivity index (χ0v) is 19.1. The van der Waals surface area contributed by atoms with E-state index in [-0.39, 0.29) is 11.6 Å². The normalized spacial score (nSPS) is 17.8. The molecule has 7 heteroatoms. The standard InChI is InChI=1S/C23H23ClN2O3S/c1-12-8-17-14(3)11-23(4,5)25(18(17)9-13(12)2)22(27)21-20(24)16-7-6-15(26(28)29)10-19(16)30-21/h6-10,14H,11H2,1-5H3/t14-/m1/s1. The van der Waals surface area contributed by atoms with Crippen LogP contribution in [0.2, 0.25) is 5.02 Å². The lowest BCUT2D eigenvalue weighted by atomic mass is 9.79. The fourth-order valence-corrected chi connectivity index (χ4v) is 5.95. The Morgan fingerprint density at radius 2 is 1.90 bits per heavy atom. The molecular formula is C23H23ClN2O3S. The second kappa shape index (κ2) is 7.06.